The van der Waals surface area contributed by atoms with E-state index in [1.807, 2.05) is 11.0 Å². The monoisotopic (exact) mass is 554 g/mol. The van der Waals surface area contributed by atoms with Gasteiger partial charge in [-0.25, -0.2) is 4.39 Å². The second-order valence-corrected chi connectivity index (χ2v) is 10.1. The summed E-state index contributed by atoms with van der Waals surface area (Å²) in [6.07, 6.45) is 0.865. The van der Waals surface area contributed by atoms with E-state index in [9.17, 15) is 18.8 Å². The molecule has 0 atom stereocenters. The highest BCUT2D eigenvalue weighted by Gasteiger charge is 2.26. The Morgan fingerprint density at radius 2 is 1.39 bits per heavy atom. The van der Waals surface area contributed by atoms with Crippen molar-refractivity contribution >= 4 is 29.1 Å². The maximum atomic E-state index is 13.4. The molecule has 41 heavy (non-hydrogen) atoms. The van der Waals surface area contributed by atoms with Crippen LogP contribution in [0.2, 0.25) is 0 Å². The van der Waals surface area contributed by atoms with Crippen LogP contribution in [-0.4, -0.2) is 79.9 Å². The third kappa shape index (κ3) is 6.53. The SMILES string of the molecule is N#Cc1ccc(C(=O)N2CCN(c3ccc(C(=O)N4CCCNCC4)cc3NC(=O)c3ccc(F)cc3)CC2)cc1. The maximum Gasteiger partial charge on any atom is 0.255 e. The van der Waals surface area contributed by atoms with Gasteiger partial charge in [-0.3, -0.25) is 14.4 Å². The molecule has 3 aromatic carbocycles. The van der Waals surface area contributed by atoms with E-state index in [0.717, 1.165) is 25.2 Å². The van der Waals surface area contributed by atoms with Crippen molar-refractivity contribution in [3.8, 4) is 6.07 Å². The van der Waals surface area contributed by atoms with Crippen LogP contribution in [0.3, 0.4) is 0 Å². The van der Waals surface area contributed by atoms with Crippen LogP contribution in [0.15, 0.2) is 66.7 Å². The lowest BCUT2D eigenvalue weighted by molar-refractivity contribution is 0.0743. The number of rotatable bonds is 5. The zero-order valence-corrected chi connectivity index (χ0v) is 22.6. The van der Waals surface area contributed by atoms with Gasteiger partial charge in [-0.15, -0.1) is 0 Å². The molecule has 0 radical (unpaired) electrons. The standard InChI is InChI=1S/C31H31FN6O3/c32-26-9-6-23(7-10-26)29(39)35-27-20-25(31(41)37-14-1-12-34-13-15-37)8-11-28(27)36-16-18-38(19-17-36)30(40)24-4-2-22(21-33)3-5-24/h2-11,20,34H,1,12-19H2,(H,35,39). The van der Waals surface area contributed by atoms with Crippen molar-refractivity contribution in [2.45, 2.75) is 6.42 Å². The average molecular weight is 555 g/mol. The maximum absolute atomic E-state index is 13.4. The molecule has 210 valence electrons. The summed E-state index contributed by atoms with van der Waals surface area (Å²) in [6.45, 7) is 4.81. The van der Waals surface area contributed by atoms with Gasteiger partial charge in [0.25, 0.3) is 17.7 Å². The number of hydrogen-bond acceptors (Lipinski definition) is 6. The molecular weight excluding hydrogens is 523 g/mol. The van der Waals surface area contributed by atoms with Gasteiger partial charge in [0, 0.05) is 62.5 Å². The number of benzene rings is 3. The van der Waals surface area contributed by atoms with Gasteiger partial charge in [-0.05, 0) is 79.7 Å². The summed E-state index contributed by atoms with van der Waals surface area (Å²) < 4.78 is 13.4. The summed E-state index contributed by atoms with van der Waals surface area (Å²) in [6, 6.07) is 19.2. The first kappa shape index (κ1) is 27.8. The molecule has 0 unspecified atom stereocenters. The zero-order chi connectivity index (χ0) is 28.8. The molecule has 0 bridgehead atoms. The van der Waals surface area contributed by atoms with Gasteiger partial charge in [-0.1, -0.05) is 0 Å². The topological polar surface area (TPSA) is 109 Å². The summed E-state index contributed by atoms with van der Waals surface area (Å²) in [4.78, 5) is 45.1. The first-order valence-corrected chi connectivity index (χ1v) is 13.7. The van der Waals surface area contributed by atoms with Crippen LogP contribution in [0.25, 0.3) is 0 Å². The molecule has 2 fully saturated rings. The third-order valence-corrected chi connectivity index (χ3v) is 7.39. The highest BCUT2D eigenvalue weighted by atomic mass is 19.1. The largest absolute Gasteiger partial charge is 0.366 e. The lowest BCUT2D eigenvalue weighted by Gasteiger charge is -2.37. The van der Waals surface area contributed by atoms with E-state index in [2.05, 4.69) is 21.6 Å². The average Bonchev–Trinajstić information content (AvgIpc) is 3.31. The number of carbonyl (C=O) groups excluding carboxylic acids is 3. The molecule has 0 aliphatic carbocycles. The van der Waals surface area contributed by atoms with Crippen molar-refractivity contribution in [3.63, 3.8) is 0 Å². The molecule has 2 heterocycles. The number of nitrogens with zero attached hydrogens (tertiary/aromatic N) is 4. The van der Waals surface area contributed by atoms with E-state index in [-0.39, 0.29) is 11.8 Å². The van der Waals surface area contributed by atoms with E-state index in [1.54, 1.807) is 41.3 Å². The van der Waals surface area contributed by atoms with Gasteiger partial charge in [0.05, 0.1) is 23.0 Å². The predicted octanol–water partition coefficient (Wildman–Crippen LogP) is 3.35. The second kappa shape index (κ2) is 12.6. The highest BCUT2D eigenvalue weighted by Crippen LogP contribution is 2.30. The van der Waals surface area contributed by atoms with Gasteiger partial charge in [0.15, 0.2) is 0 Å². The summed E-state index contributed by atoms with van der Waals surface area (Å²) >= 11 is 0. The summed E-state index contributed by atoms with van der Waals surface area (Å²) in [5, 5.41) is 15.2. The van der Waals surface area contributed by atoms with E-state index >= 15 is 0 Å². The van der Waals surface area contributed by atoms with Crippen LogP contribution in [0, 0.1) is 17.1 Å². The minimum Gasteiger partial charge on any atom is -0.366 e. The minimum atomic E-state index is -0.435. The molecule has 9 nitrogen and oxygen atoms in total. The molecule has 10 heteroatoms. The number of hydrogen-bond donors (Lipinski definition) is 2. The lowest BCUT2D eigenvalue weighted by Crippen LogP contribution is -2.49. The first-order chi connectivity index (χ1) is 19.9. The fourth-order valence-corrected chi connectivity index (χ4v) is 5.09. The molecule has 2 aliphatic heterocycles. The van der Waals surface area contributed by atoms with Crippen LogP contribution >= 0.6 is 0 Å². The fourth-order valence-electron chi connectivity index (χ4n) is 5.09. The molecule has 2 N–H and O–H groups in total. The third-order valence-electron chi connectivity index (χ3n) is 7.39. The van der Waals surface area contributed by atoms with Crippen LogP contribution < -0.4 is 15.5 Å². The van der Waals surface area contributed by atoms with Crippen LogP contribution in [0.1, 0.15) is 43.1 Å². The number of amides is 3. The van der Waals surface area contributed by atoms with Crippen molar-refractivity contribution in [3.05, 3.63) is 94.8 Å². The summed E-state index contributed by atoms with van der Waals surface area (Å²) in [5.41, 5.74) is 3.00. The Bertz CT molecular complexity index is 1450. The Morgan fingerprint density at radius 1 is 0.756 bits per heavy atom. The zero-order valence-electron chi connectivity index (χ0n) is 22.6. The molecule has 3 amide bonds. The fraction of sp³-hybridized carbons (Fsp3) is 0.290. The van der Waals surface area contributed by atoms with Crippen molar-refractivity contribution in [1.82, 2.24) is 15.1 Å². The van der Waals surface area contributed by atoms with Gasteiger partial charge in [-0.2, -0.15) is 5.26 Å². The highest BCUT2D eigenvalue weighted by molar-refractivity contribution is 6.07. The number of anilines is 2. The number of piperazine rings is 1. The quantitative estimate of drug-likeness (QED) is 0.501. The van der Waals surface area contributed by atoms with Crippen molar-refractivity contribution in [2.75, 3.05) is 62.6 Å². The molecule has 2 aliphatic rings. The van der Waals surface area contributed by atoms with Crippen molar-refractivity contribution in [1.29, 1.82) is 5.26 Å². The molecule has 0 spiro atoms. The van der Waals surface area contributed by atoms with Crippen molar-refractivity contribution in [2.24, 2.45) is 0 Å². The molecule has 0 aromatic heterocycles. The lowest BCUT2D eigenvalue weighted by atomic mass is 10.1. The summed E-state index contributed by atoms with van der Waals surface area (Å²) in [5.74, 6) is -1.05. The Morgan fingerprint density at radius 3 is 2.10 bits per heavy atom. The Kier molecular flexibility index (Phi) is 8.56. The first-order valence-electron chi connectivity index (χ1n) is 13.7. The second-order valence-electron chi connectivity index (χ2n) is 10.1. The Labute approximate surface area is 238 Å². The van der Waals surface area contributed by atoms with Gasteiger partial charge >= 0.3 is 0 Å². The van der Waals surface area contributed by atoms with Crippen LogP contribution in [0.5, 0.6) is 0 Å². The molecule has 0 saturated carbocycles. The molecule has 3 aromatic rings. The Hall–Kier alpha value is -4.75. The van der Waals surface area contributed by atoms with Gasteiger partial charge in [0.1, 0.15) is 5.82 Å². The summed E-state index contributed by atoms with van der Waals surface area (Å²) in [7, 11) is 0. The number of nitrogens with one attached hydrogen (secondary N) is 2. The van der Waals surface area contributed by atoms with E-state index in [0.29, 0.717) is 67.2 Å². The number of halogens is 1. The number of nitriles is 1. The molecule has 5 rings (SSSR count). The number of carbonyl (C=O) groups is 3. The molecule has 2 saturated heterocycles. The van der Waals surface area contributed by atoms with Crippen molar-refractivity contribution < 1.29 is 18.8 Å². The van der Waals surface area contributed by atoms with Crippen LogP contribution in [-0.2, 0) is 0 Å². The smallest absolute Gasteiger partial charge is 0.255 e. The van der Waals surface area contributed by atoms with E-state index in [4.69, 9.17) is 5.26 Å². The molecular formula is C31H31FN6O3. The predicted molar refractivity (Wildman–Crippen MR) is 153 cm³/mol. The van der Waals surface area contributed by atoms with E-state index < -0.39 is 11.7 Å². The van der Waals surface area contributed by atoms with Gasteiger partial charge < -0.3 is 25.3 Å². The minimum absolute atomic E-state index is 0.102. The van der Waals surface area contributed by atoms with E-state index in [1.165, 1.54) is 24.3 Å². The van der Waals surface area contributed by atoms with Crippen LogP contribution in [0.4, 0.5) is 15.8 Å². The normalized spacial score (nSPS) is 15.6. The van der Waals surface area contributed by atoms with Gasteiger partial charge in [0.2, 0.25) is 0 Å². The Balaban J connectivity index is 1.35.